The van der Waals surface area contributed by atoms with Crippen molar-refractivity contribution < 1.29 is 22.7 Å². The number of rotatable bonds is 6. The Morgan fingerprint density at radius 2 is 2.07 bits per heavy atom. The zero-order valence-electron chi connectivity index (χ0n) is 16.4. The van der Waals surface area contributed by atoms with Crippen molar-refractivity contribution in [2.75, 3.05) is 32.6 Å². The summed E-state index contributed by atoms with van der Waals surface area (Å²) in [4.78, 5) is 15.0. The highest BCUT2D eigenvalue weighted by atomic mass is 32.2. The molecule has 1 aromatic rings. The van der Waals surface area contributed by atoms with Crippen molar-refractivity contribution in [3.05, 3.63) is 34.7 Å². The summed E-state index contributed by atoms with van der Waals surface area (Å²) >= 11 is 1.54. The molecule has 1 fully saturated rings. The van der Waals surface area contributed by atoms with Crippen LogP contribution in [-0.2, 0) is 19.6 Å². The van der Waals surface area contributed by atoms with E-state index in [2.05, 4.69) is 21.9 Å². The molecule has 0 saturated carbocycles. The van der Waals surface area contributed by atoms with Crippen LogP contribution in [0.3, 0.4) is 0 Å². The Balaban J connectivity index is 2.18. The molecule has 0 radical (unpaired) electrons. The Labute approximate surface area is 174 Å². The van der Waals surface area contributed by atoms with Gasteiger partial charge in [-0.05, 0) is 43.6 Å². The van der Waals surface area contributed by atoms with E-state index in [0.29, 0.717) is 11.5 Å². The molecule has 1 saturated heterocycles. The summed E-state index contributed by atoms with van der Waals surface area (Å²) in [5.74, 6) is 5.75. The smallest absolute Gasteiger partial charge is 0.325 e. The molecule has 1 atom stereocenters. The van der Waals surface area contributed by atoms with Gasteiger partial charge < -0.3 is 9.47 Å². The molecule has 0 aliphatic carbocycles. The maximum atomic E-state index is 13.2. The normalized spacial score (nSPS) is 18.7. The molecular formula is C18H22N4O5S2. The van der Waals surface area contributed by atoms with Gasteiger partial charge in [-0.25, -0.2) is 8.42 Å². The summed E-state index contributed by atoms with van der Waals surface area (Å²) < 4.78 is 37.2. The van der Waals surface area contributed by atoms with E-state index in [4.69, 9.17) is 15.0 Å². The second kappa shape index (κ2) is 9.89. The minimum Gasteiger partial charge on any atom is -0.481 e. The first-order valence-electron chi connectivity index (χ1n) is 8.67. The van der Waals surface area contributed by atoms with E-state index in [1.165, 1.54) is 47.4 Å². The summed E-state index contributed by atoms with van der Waals surface area (Å²) in [6, 6.07) is 5.00. The van der Waals surface area contributed by atoms with Crippen molar-refractivity contribution >= 4 is 27.8 Å². The largest absolute Gasteiger partial charge is 0.481 e. The fourth-order valence-electron chi connectivity index (χ4n) is 2.86. The number of carbonyl (C=O) groups is 1. The van der Waals surface area contributed by atoms with E-state index < -0.39 is 26.8 Å². The van der Waals surface area contributed by atoms with Gasteiger partial charge in [-0.1, -0.05) is 17.0 Å². The van der Waals surface area contributed by atoms with Crippen LogP contribution in [-0.4, -0.2) is 62.0 Å². The van der Waals surface area contributed by atoms with Crippen molar-refractivity contribution in [3.63, 3.8) is 0 Å². The molecular weight excluding hydrogens is 416 g/mol. The van der Waals surface area contributed by atoms with Gasteiger partial charge in [-0.2, -0.15) is 16.1 Å². The summed E-state index contributed by atoms with van der Waals surface area (Å²) in [5.41, 5.74) is 8.16. The summed E-state index contributed by atoms with van der Waals surface area (Å²) in [7, 11) is -2.65. The number of sulfonamides is 1. The van der Waals surface area contributed by atoms with Crippen LogP contribution in [0.25, 0.3) is 10.4 Å². The SMILES string of the molecule is COC(=O)[C@@H]1N(S(=O)(=O)c2ccc(OCC#CCN=[N+]=[N-])cc2)CCSC1(C)C. The minimum absolute atomic E-state index is 0.0584. The highest BCUT2D eigenvalue weighted by Crippen LogP contribution is 2.38. The maximum absolute atomic E-state index is 13.2. The first-order chi connectivity index (χ1) is 13.7. The summed E-state index contributed by atoms with van der Waals surface area (Å²) in [6.45, 7) is 4.02. The van der Waals surface area contributed by atoms with Gasteiger partial charge in [0.2, 0.25) is 10.0 Å². The average Bonchev–Trinajstić information content (AvgIpc) is 2.69. The molecule has 1 aromatic carbocycles. The van der Waals surface area contributed by atoms with Crippen molar-refractivity contribution in [1.29, 1.82) is 0 Å². The minimum atomic E-state index is -3.90. The average molecular weight is 439 g/mol. The second-order valence-corrected chi connectivity index (χ2v) is 10.1. The number of ether oxygens (including phenoxy) is 2. The molecule has 0 amide bonds. The Hall–Kier alpha value is -2.38. The van der Waals surface area contributed by atoms with Gasteiger partial charge in [0.15, 0.2) is 0 Å². The van der Waals surface area contributed by atoms with Crippen molar-refractivity contribution in [2.24, 2.45) is 5.11 Å². The lowest BCUT2D eigenvalue weighted by Gasteiger charge is -2.43. The number of carbonyl (C=O) groups excluding carboxylic acids is 1. The van der Waals surface area contributed by atoms with E-state index in [-0.39, 0.29) is 24.6 Å². The van der Waals surface area contributed by atoms with Gasteiger partial charge in [-0.15, -0.1) is 0 Å². The van der Waals surface area contributed by atoms with Gasteiger partial charge in [0.05, 0.1) is 18.6 Å². The first-order valence-corrected chi connectivity index (χ1v) is 11.1. The second-order valence-electron chi connectivity index (χ2n) is 6.50. The topological polar surface area (TPSA) is 122 Å². The predicted molar refractivity (Wildman–Crippen MR) is 110 cm³/mol. The predicted octanol–water partition coefficient (Wildman–Crippen LogP) is 2.44. The molecule has 1 aliphatic heterocycles. The number of esters is 1. The number of methoxy groups -OCH3 is 1. The van der Waals surface area contributed by atoms with E-state index in [0.717, 1.165) is 0 Å². The van der Waals surface area contributed by atoms with Gasteiger partial charge in [0.1, 0.15) is 18.4 Å². The number of benzene rings is 1. The Morgan fingerprint density at radius 1 is 1.38 bits per heavy atom. The first kappa shape index (κ1) is 22.9. The molecule has 0 bridgehead atoms. The lowest BCUT2D eigenvalue weighted by molar-refractivity contribution is -0.146. The van der Waals surface area contributed by atoms with Gasteiger partial charge in [-0.3, -0.25) is 4.79 Å². The number of azide groups is 1. The quantitative estimate of drug-likeness (QED) is 0.221. The highest BCUT2D eigenvalue weighted by molar-refractivity contribution is 8.00. The van der Waals surface area contributed by atoms with Crippen LogP contribution >= 0.6 is 11.8 Å². The number of thioether (sulfide) groups is 1. The molecule has 0 aromatic heterocycles. The van der Waals surface area contributed by atoms with Crippen LogP contribution in [0.2, 0.25) is 0 Å². The summed E-state index contributed by atoms with van der Waals surface area (Å²) in [5, 5.41) is 3.28. The van der Waals surface area contributed by atoms with Gasteiger partial charge in [0, 0.05) is 22.0 Å². The third-order valence-corrected chi connectivity index (χ3v) is 7.47. The molecule has 0 spiro atoms. The fourth-order valence-corrected chi connectivity index (χ4v) is 5.95. The van der Waals surface area contributed by atoms with Crippen molar-refractivity contribution in [1.82, 2.24) is 4.31 Å². The van der Waals surface area contributed by atoms with E-state index in [1.807, 2.05) is 13.8 Å². The summed E-state index contributed by atoms with van der Waals surface area (Å²) in [6.07, 6.45) is 0. The van der Waals surface area contributed by atoms with E-state index >= 15 is 0 Å². The molecule has 1 heterocycles. The van der Waals surface area contributed by atoms with Crippen LogP contribution in [0, 0.1) is 11.8 Å². The Kier molecular flexibility index (Phi) is 7.81. The van der Waals surface area contributed by atoms with E-state index in [1.54, 1.807) is 0 Å². The monoisotopic (exact) mass is 438 g/mol. The lowest BCUT2D eigenvalue weighted by Crippen LogP contribution is -2.58. The van der Waals surface area contributed by atoms with Crippen LogP contribution in [0.4, 0.5) is 0 Å². The maximum Gasteiger partial charge on any atom is 0.325 e. The van der Waals surface area contributed by atoms with Crippen LogP contribution in [0.1, 0.15) is 13.8 Å². The third-order valence-electron chi connectivity index (χ3n) is 4.24. The van der Waals surface area contributed by atoms with Gasteiger partial charge >= 0.3 is 5.97 Å². The molecule has 11 heteroatoms. The lowest BCUT2D eigenvalue weighted by atomic mass is 10.0. The van der Waals surface area contributed by atoms with Crippen LogP contribution in [0.5, 0.6) is 5.75 Å². The van der Waals surface area contributed by atoms with E-state index in [9.17, 15) is 13.2 Å². The standard InChI is InChI=1S/C18H22N4O5S2/c1-18(2)16(17(23)26-3)22(11-13-28-18)29(24,25)15-8-6-14(7-9-15)27-12-5-4-10-20-21-19/h6-9,16H,10-13H2,1-3H3/t16-/m0/s1. The van der Waals surface area contributed by atoms with Crippen LogP contribution in [0.15, 0.2) is 34.3 Å². The van der Waals surface area contributed by atoms with Gasteiger partial charge in [0.25, 0.3) is 0 Å². The fraction of sp³-hybridized carbons (Fsp3) is 0.500. The van der Waals surface area contributed by atoms with Crippen molar-refractivity contribution in [2.45, 2.75) is 29.5 Å². The molecule has 2 rings (SSSR count). The Morgan fingerprint density at radius 3 is 2.69 bits per heavy atom. The van der Waals surface area contributed by atoms with Crippen molar-refractivity contribution in [3.8, 4) is 17.6 Å². The number of hydrogen-bond acceptors (Lipinski definition) is 7. The number of hydrogen-bond donors (Lipinski definition) is 0. The Bertz CT molecular complexity index is 945. The molecule has 29 heavy (non-hydrogen) atoms. The number of nitrogens with zero attached hydrogens (tertiary/aromatic N) is 4. The zero-order valence-corrected chi connectivity index (χ0v) is 18.0. The molecule has 0 unspecified atom stereocenters. The molecule has 9 nitrogen and oxygen atoms in total. The molecule has 156 valence electrons. The molecule has 1 aliphatic rings. The molecule has 0 N–H and O–H groups in total. The zero-order chi connectivity index (χ0) is 21.5. The third kappa shape index (κ3) is 5.58. The van der Waals surface area contributed by atoms with Crippen LogP contribution < -0.4 is 4.74 Å². The highest BCUT2D eigenvalue weighted by Gasteiger charge is 2.48.